The second-order valence-corrected chi connectivity index (χ2v) is 5.27. The molecule has 126 valence electrons. The molecule has 0 aliphatic carbocycles. The smallest absolute Gasteiger partial charge is 0.328 e. The highest BCUT2D eigenvalue weighted by Gasteiger charge is 2.19. The largest absolute Gasteiger partial charge is 0.497 e. The summed E-state index contributed by atoms with van der Waals surface area (Å²) >= 11 is 0. The number of hydrogen-bond donors (Lipinski definition) is 1. The lowest BCUT2D eigenvalue weighted by Crippen LogP contribution is -2.27. The number of carbonyl (C=O) groups is 1. The van der Waals surface area contributed by atoms with Crippen molar-refractivity contribution < 1.29 is 24.1 Å². The number of ether oxygens (including phenoxy) is 3. The molecular weight excluding hydrogens is 314 g/mol. The van der Waals surface area contributed by atoms with E-state index in [-0.39, 0.29) is 12.1 Å². The first-order valence-corrected chi connectivity index (χ1v) is 7.44. The molecule has 1 fully saturated rings. The number of methoxy groups -OCH3 is 1. The molecular formula is C17H17NO6. The molecule has 0 saturated carbocycles. The predicted molar refractivity (Wildman–Crippen MR) is 87.1 cm³/mol. The van der Waals surface area contributed by atoms with Gasteiger partial charge in [0.05, 0.1) is 32.4 Å². The Labute approximate surface area is 137 Å². The van der Waals surface area contributed by atoms with Crippen LogP contribution in [0, 0.1) is 0 Å². The number of aromatic nitrogens is 1. The summed E-state index contributed by atoms with van der Waals surface area (Å²) in [5.74, 6) is -0.475. The monoisotopic (exact) mass is 331 g/mol. The minimum absolute atomic E-state index is 0.255. The summed E-state index contributed by atoms with van der Waals surface area (Å²) in [6.07, 6.45) is 1.94. The van der Waals surface area contributed by atoms with Crippen LogP contribution in [0.4, 0.5) is 0 Å². The van der Waals surface area contributed by atoms with Gasteiger partial charge in [-0.15, -0.1) is 0 Å². The molecule has 3 rings (SSSR count). The molecule has 1 aliphatic rings. The van der Waals surface area contributed by atoms with Crippen LogP contribution in [0.2, 0.25) is 0 Å². The van der Waals surface area contributed by atoms with Gasteiger partial charge in [0.1, 0.15) is 5.75 Å². The lowest BCUT2D eigenvalue weighted by atomic mass is 10.1. The van der Waals surface area contributed by atoms with E-state index in [0.29, 0.717) is 30.0 Å². The molecule has 2 aromatic rings. The molecule has 7 nitrogen and oxygen atoms in total. The molecule has 24 heavy (non-hydrogen) atoms. The SMILES string of the molecule is COc1ccc2c(/C=C/C(=O)O)cc(=O)n(CC3OCCO3)c2c1. The van der Waals surface area contributed by atoms with E-state index in [1.165, 1.54) is 12.1 Å². The fraction of sp³-hybridized carbons (Fsp3) is 0.294. The van der Waals surface area contributed by atoms with E-state index in [1.807, 2.05) is 0 Å². The molecule has 7 heteroatoms. The number of aliphatic carboxylic acids is 1. The minimum Gasteiger partial charge on any atom is -0.497 e. The molecule has 0 bridgehead atoms. The van der Waals surface area contributed by atoms with Gasteiger partial charge in [0.25, 0.3) is 5.56 Å². The Kier molecular flexibility index (Phi) is 4.64. The predicted octanol–water partition coefficient (Wildman–Crippen LogP) is 1.48. The van der Waals surface area contributed by atoms with Gasteiger partial charge in [-0.3, -0.25) is 4.79 Å². The topological polar surface area (TPSA) is 87.0 Å². The number of pyridine rings is 1. The fourth-order valence-electron chi connectivity index (χ4n) is 2.66. The summed E-state index contributed by atoms with van der Waals surface area (Å²) in [7, 11) is 1.54. The average Bonchev–Trinajstić information content (AvgIpc) is 3.08. The van der Waals surface area contributed by atoms with Crippen molar-refractivity contribution in [2.24, 2.45) is 0 Å². The Balaban J connectivity index is 2.15. The minimum atomic E-state index is -1.08. The van der Waals surface area contributed by atoms with Crippen molar-refractivity contribution in [3.8, 4) is 5.75 Å². The summed E-state index contributed by atoms with van der Waals surface area (Å²) in [6, 6.07) is 6.70. The summed E-state index contributed by atoms with van der Waals surface area (Å²) in [6.45, 7) is 1.26. The first-order chi connectivity index (χ1) is 11.6. The van der Waals surface area contributed by atoms with Crippen LogP contribution < -0.4 is 10.3 Å². The van der Waals surface area contributed by atoms with Crippen LogP contribution in [-0.2, 0) is 20.8 Å². The molecule has 0 unspecified atom stereocenters. The van der Waals surface area contributed by atoms with E-state index >= 15 is 0 Å². The highest BCUT2D eigenvalue weighted by molar-refractivity contribution is 5.93. The Bertz CT molecular complexity index is 848. The molecule has 1 aliphatic heterocycles. The van der Waals surface area contributed by atoms with Crippen molar-refractivity contribution in [1.29, 1.82) is 0 Å². The third kappa shape index (κ3) is 3.32. The van der Waals surface area contributed by atoms with Gasteiger partial charge in [0.15, 0.2) is 6.29 Å². The number of carboxylic acid groups (broad SMARTS) is 1. The number of nitrogens with zero attached hydrogens (tertiary/aromatic N) is 1. The van der Waals surface area contributed by atoms with Gasteiger partial charge in [-0.1, -0.05) is 0 Å². The van der Waals surface area contributed by atoms with E-state index in [2.05, 4.69) is 0 Å². The number of hydrogen-bond acceptors (Lipinski definition) is 5. The zero-order chi connectivity index (χ0) is 17.1. The van der Waals surface area contributed by atoms with E-state index < -0.39 is 12.3 Å². The van der Waals surface area contributed by atoms with Crippen LogP contribution >= 0.6 is 0 Å². The fourth-order valence-corrected chi connectivity index (χ4v) is 2.66. The molecule has 1 aromatic carbocycles. The maximum absolute atomic E-state index is 12.5. The van der Waals surface area contributed by atoms with Crippen molar-refractivity contribution in [3.05, 3.63) is 46.3 Å². The summed E-state index contributed by atoms with van der Waals surface area (Å²) < 4.78 is 17.6. The number of fused-ring (bicyclic) bond motifs is 1. The van der Waals surface area contributed by atoms with Crippen molar-refractivity contribution in [2.45, 2.75) is 12.8 Å². The third-order valence-corrected chi connectivity index (χ3v) is 3.78. The van der Waals surface area contributed by atoms with Crippen molar-refractivity contribution >= 4 is 22.9 Å². The summed E-state index contributed by atoms with van der Waals surface area (Å²) in [4.78, 5) is 23.3. The number of rotatable bonds is 5. The third-order valence-electron chi connectivity index (χ3n) is 3.78. The Morgan fingerprint density at radius 2 is 2.12 bits per heavy atom. The Morgan fingerprint density at radius 1 is 1.38 bits per heavy atom. The van der Waals surface area contributed by atoms with Crippen molar-refractivity contribution in [3.63, 3.8) is 0 Å². The molecule has 0 radical (unpaired) electrons. The lowest BCUT2D eigenvalue weighted by molar-refractivity contribution is -0.131. The lowest BCUT2D eigenvalue weighted by Gasteiger charge is -2.16. The van der Waals surface area contributed by atoms with Gasteiger partial charge in [-0.25, -0.2) is 4.79 Å². The maximum Gasteiger partial charge on any atom is 0.328 e. The Morgan fingerprint density at radius 3 is 2.79 bits per heavy atom. The molecule has 1 N–H and O–H groups in total. The number of benzene rings is 1. The van der Waals surface area contributed by atoms with E-state index in [9.17, 15) is 9.59 Å². The number of carboxylic acids is 1. The second-order valence-electron chi connectivity index (χ2n) is 5.27. The molecule has 0 atom stereocenters. The van der Waals surface area contributed by atoms with Crippen molar-refractivity contribution in [2.75, 3.05) is 20.3 Å². The highest BCUT2D eigenvalue weighted by atomic mass is 16.7. The Hall–Kier alpha value is -2.64. The molecule has 0 spiro atoms. The van der Waals surface area contributed by atoms with Crippen LogP contribution in [-0.4, -0.2) is 42.3 Å². The molecule has 1 saturated heterocycles. The highest BCUT2D eigenvalue weighted by Crippen LogP contribution is 2.24. The van der Waals surface area contributed by atoms with Gasteiger partial charge in [-0.2, -0.15) is 0 Å². The van der Waals surface area contributed by atoms with E-state index in [4.69, 9.17) is 19.3 Å². The molecule has 1 aromatic heterocycles. The maximum atomic E-state index is 12.5. The normalized spacial score (nSPS) is 15.4. The van der Waals surface area contributed by atoms with Crippen LogP contribution in [0.3, 0.4) is 0 Å². The quantitative estimate of drug-likeness (QED) is 0.835. The average molecular weight is 331 g/mol. The van der Waals surface area contributed by atoms with Crippen LogP contribution in [0.15, 0.2) is 35.1 Å². The zero-order valence-electron chi connectivity index (χ0n) is 13.1. The van der Waals surface area contributed by atoms with Gasteiger partial charge in [-0.05, 0) is 23.8 Å². The molecule has 2 heterocycles. The van der Waals surface area contributed by atoms with Crippen LogP contribution in [0.1, 0.15) is 5.56 Å². The molecule has 0 amide bonds. The van der Waals surface area contributed by atoms with E-state index in [1.54, 1.807) is 29.9 Å². The van der Waals surface area contributed by atoms with Gasteiger partial charge >= 0.3 is 5.97 Å². The summed E-state index contributed by atoms with van der Waals surface area (Å²) in [5, 5.41) is 9.56. The second kappa shape index (κ2) is 6.86. The van der Waals surface area contributed by atoms with Crippen molar-refractivity contribution in [1.82, 2.24) is 4.57 Å². The first-order valence-electron chi connectivity index (χ1n) is 7.44. The standard InChI is InChI=1S/C17H17NO6/c1-22-12-3-4-13-11(2-5-16(20)21)8-15(19)18(14(13)9-12)10-17-23-6-7-24-17/h2-5,8-9,17H,6-7,10H2,1H3,(H,20,21)/b5-2+. The first kappa shape index (κ1) is 16.2. The summed E-state index contributed by atoms with van der Waals surface area (Å²) in [5.41, 5.74) is 0.899. The van der Waals surface area contributed by atoms with Gasteiger partial charge in [0.2, 0.25) is 0 Å². The van der Waals surface area contributed by atoms with Crippen LogP contribution in [0.25, 0.3) is 17.0 Å². The van der Waals surface area contributed by atoms with E-state index in [0.717, 1.165) is 11.5 Å². The zero-order valence-corrected chi connectivity index (χ0v) is 13.1. The van der Waals surface area contributed by atoms with Gasteiger partial charge < -0.3 is 23.9 Å². The van der Waals surface area contributed by atoms with Gasteiger partial charge in [0, 0.05) is 23.6 Å². The van der Waals surface area contributed by atoms with Crippen LogP contribution in [0.5, 0.6) is 5.75 Å².